The summed E-state index contributed by atoms with van der Waals surface area (Å²) in [5.74, 6) is 0.367. The molecule has 0 atom stereocenters. The SMILES string of the molecule is CCCCCCC(=O)N1CCN(CC(C)(C)C)CC1. The van der Waals surface area contributed by atoms with Gasteiger partial charge in [-0.05, 0) is 11.8 Å². The summed E-state index contributed by atoms with van der Waals surface area (Å²) in [6.45, 7) is 14.1. The van der Waals surface area contributed by atoms with Gasteiger partial charge in [0.1, 0.15) is 0 Å². The third-order valence-electron chi connectivity index (χ3n) is 3.67. The van der Waals surface area contributed by atoms with Crippen molar-refractivity contribution in [2.45, 2.75) is 59.8 Å². The lowest BCUT2D eigenvalue weighted by Crippen LogP contribution is -2.50. The number of piperazine rings is 1. The smallest absolute Gasteiger partial charge is 0.222 e. The zero-order valence-electron chi connectivity index (χ0n) is 13.4. The summed E-state index contributed by atoms with van der Waals surface area (Å²) >= 11 is 0. The molecule has 0 radical (unpaired) electrons. The number of carbonyl (C=O) groups excluding carboxylic acids is 1. The Bertz CT molecular complexity index is 262. The van der Waals surface area contributed by atoms with Crippen LogP contribution in [0.25, 0.3) is 0 Å². The molecule has 0 saturated carbocycles. The molecule has 0 aromatic rings. The topological polar surface area (TPSA) is 23.6 Å². The van der Waals surface area contributed by atoms with Gasteiger partial charge in [0, 0.05) is 39.1 Å². The lowest BCUT2D eigenvalue weighted by molar-refractivity contribution is -0.133. The van der Waals surface area contributed by atoms with Gasteiger partial charge in [0.2, 0.25) is 5.91 Å². The number of carbonyl (C=O) groups is 1. The predicted octanol–water partition coefficient (Wildman–Crippen LogP) is 3.15. The zero-order chi connectivity index (χ0) is 14.3. The van der Waals surface area contributed by atoms with Crippen molar-refractivity contribution in [3.8, 4) is 0 Å². The van der Waals surface area contributed by atoms with Gasteiger partial charge in [0.15, 0.2) is 0 Å². The van der Waals surface area contributed by atoms with Crippen molar-refractivity contribution in [3.63, 3.8) is 0 Å². The summed E-state index contributed by atoms with van der Waals surface area (Å²) in [5.41, 5.74) is 0.354. The highest BCUT2D eigenvalue weighted by atomic mass is 16.2. The molecule has 19 heavy (non-hydrogen) atoms. The summed E-state index contributed by atoms with van der Waals surface area (Å²) in [5, 5.41) is 0. The van der Waals surface area contributed by atoms with E-state index in [1.807, 2.05) is 0 Å². The molecule has 0 bridgehead atoms. The maximum absolute atomic E-state index is 12.1. The number of rotatable bonds is 6. The van der Waals surface area contributed by atoms with Crippen LogP contribution in [0.5, 0.6) is 0 Å². The van der Waals surface area contributed by atoms with Crippen LogP contribution in [0.4, 0.5) is 0 Å². The van der Waals surface area contributed by atoms with E-state index in [9.17, 15) is 4.79 Å². The van der Waals surface area contributed by atoms with Crippen LogP contribution in [-0.2, 0) is 4.79 Å². The first kappa shape index (κ1) is 16.5. The molecule has 0 unspecified atom stereocenters. The van der Waals surface area contributed by atoms with E-state index in [-0.39, 0.29) is 0 Å². The summed E-state index contributed by atoms with van der Waals surface area (Å²) in [7, 11) is 0. The summed E-state index contributed by atoms with van der Waals surface area (Å²) in [6.07, 6.45) is 5.51. The van der Waals surface area contributed by atoms with Crippen LogP contribution in [0.1, 0.15) is 59.8 Å². The van der Waals surface area contributed by atoms with Gasteiger partial charge < -0.3 is 4.90 Å². The monoisotopic (exact) mass is 268 g/mol. The average Bonchev–Trinajstić information content (AvgIpc) is 2.33. The molecular formula is C16H32N2O. The molecule has 1 rings (SSSR count). The maximum atomic E-state index is 12.1. The Morgan fingerprint density at radius 1 is 1.00 bits per heavy atom. The van der Waals surface area contributed by atoms with Crippen molar-refractivity contribution in [1.29, 1.82) is 0 Å². The van der Waals surface area contributed by atoms with E-state index >= 15 is 0 Å². The van der Waals surface area contributed by atoms with Gasteiger partial charge >= 0.3 is 0 Å². The fraction of sp³-hybridized carbons (Fsp3) is 0.938. The number of hydrogen-bond acceptors (Lipinski definition) is 2. The minimum atomic E-state index is 0.354. The molecule has 0 N–H and O–H groups in total. The van der Waals surface area contributed by atoms with Crippen molar-refractivity contribution in [2.75, 3.05) is 32.7 Å². The third kappa shape index (κ3) is 6.95. The van der Waals surface area contributed by atoms with Gasteiger partial charge in [-0.1, -0.05) is 47.0 Å². The number of amides is 1. The lowest BCUT2D eigenvalue weighted by atomic mass is 9.96. The van der Waals surface area contributed by atoms with E-state index in [2.05, 4.69) is 37.5 Å². The zero-order valence-corrected chi connectivity index (χ0v) is 13.4. The van der Waals surface area contributed by atoms with Crippen LogP contribution in [-0.4, -0.2) is 48.4 Å². The van der Waals surface area contributed by atoms with E-state index in [1.165, 1.54) is 19.3 Å². The largest absolute Gasteiger partial charge is 0.340 e. The Morgan fingerprint density at radius 3 is 2.16 bits per heavy atom. The normalized spacial score (nSPS) is 17.8. The second-order valence-electron chi connectivity index (χ2n) is 7.03. The van der Waals surface area contributed by atoms with Crippen molar-refractivity contribution in [3.05, 3.63) is 0 Å². The first-order valence-corrected chi connectivity index (χ1v) is 7.92. The molecule has 0 aliphatic carbocycles. The van der Waals surface area contributed by atoms with Crippen molar-refractivity contribution < 1.29 is 4.79 Å². The fourth-order valence-corrected chi connectivity index (χ4v) is 2.69. The molecule has 3 nitrogen and oxygen atoms in total. The Balaban J connectivity index is 2.20. The second kappa shape index (κ2) is 7.88. The quantitative estimate of drug-likeness (QED) is 0.691. The lowest BCUT2D eigenvalue weighted by Gasteiger charge is -2.37. The molecule has 3 heteroatoms. The molecule has 1 heterocycles. The highest BCUT2D eigenvalue weighted by Gasteiger charge is 2.23. The van der Waals surface area contributed by atoms with E-state index in [1.54, 1.807) is 0 Å². The van der Waals surface area contributed by atoms with Crippen molar-refractivity contribution in [1.82, 2.24) is 9.80 Å². The van der Waals surface area contributed by atoms with Gasteiger partial charge in [-0.2, -0.15) is 0 Å². The standard InChI is InChI=1S/C16H32N2O/c1-5-6-7-8-9-15(19)18-12-10-17(11-13-18)14-16(2,3)4/h5-14H2,1-4H3. The Kier molecular flexibility index (Phi) is 6.84. The molecule has 1 amide bonds. The first-order chi connectivity index (χ1) is 8.92. The first-order valence-electron chi connectivity index (χ1n) is 7.92. The van der Waals surface area contributed by atoms with Crippen LogP contribution in [0.2, 0.25) is 0 Å². The number of hydrogen-bond donors (Lipinski definition) is 0. The highest BCUT2D eigenvalue weighted by Crippen LogP contribution is 2.17. The summed E-state index contributed by atoms with van der Waals surface area (Å²) in [4.78, 5) is 16.6. The number of nitrogens with zero attached hydrogens (tertiary/aromatic N) is 2. The van der Waals surface area contributed by atoms with E-state index < -0.39 is 0 Å². The highest BCUT2D eigenvalue weighted by molar-refractivity contribution is 5.76. The van der Waals surface area contributed by atoms with E-state index in [4.69, 9.17) is 0 Å². The molecule has 0 spiro atoms. The van der Waals surface area contributed by atoms with Gasteiger partial charge in [0.25, 0.3) is 0 Å². The maximum Gasteiger partial charge on any atom is 0.222 e. The average molecular weight is 268 g/mol. The number of unbranched alkanes of at least 4 members (excludes halogenated alkanes) is 3. The van der Waals surface area contributed by atoms with E-state index in [0.717, 1.165) is 45.6 Å². The summed E-state index contributed by atoms with van der Waals surface area (Å²) in [6, 6.07) is 0. The Hall–Kier alpha value is -0.570. The van der Waals surface area contributed by atoms with Gasteiger partial charge in [-0.25, -0.2) is 0 Å². The molecular weight excluding hydrogens is 236 g/mol. The second-order valence-corrected chi connectivity index (χ2v) is 7.03. The molecule has 1 fully saturated rings. The molecule has 112 valence electrons. The predicted molar refractivity (Wildman–Crippen MR) is 81.2 cm³/mol. The van der Waals surface area contributed by atoms with Crippen molar-refractivity contribution in [2.24, 2.45) is 5.41 Å². The van der Waals surface area contributed by atoms with Crippen LogP contribution in [0.3, 0.4) is 0 Å². The molecule has 0 aromatic heterocycles. The fourth-order valence-electron chi connectivity index (χ4n) is 2.69. The van der Waals surface area contributed by atoms with E-state index in [0.29, 0.717) is 11.3 Å². The van der Waals surface area contributed by atoms with Crippen LogP contribution in [0, 0.1) is 5.41 Å². The van der Waals surface area contributed by atoms with Gasteiger partial charge in [0.05, 0.1) is 0 Å². The van der Waals surface area contributed by atoms with Gasteiger partial charge in [-0.3, -0.25) is 9.69 Å². The minimum absolute atomic E-state index is 0.354. The minimum Gasteiger partial charge on any atom is -0.340 e. The van der Waals surface area contributed by atoms with Crippen LogP contribution in [0.15, 0.2) is 0 Å². The Labute approximate surface area is 119 Å². The summed E-state index contributed by atoms with van der Waals surface area (Å²) < 4.78 is 0. The van der Waals surface area contributed by atoms with Crippen molar-refractivity contribution >= 4 is 5.91 Å². The molecule has 0 aromatic carbocycles. The molecule has 1 saturated heterocycles. The van der Waals surface area contributed by atoms with Gasteiger partial charge in [-0.15, -0.1) is 0 Å². The molecule has 1 aliphatic rings. The van der Waals surface area contributed by atoms with Crippen LogP contribution >= 0.6 is 0 Å². The third-order valence-corrected chi connectivity index (χ3v) is 3.67. The molecule has 1 aliphatic heterocycles. The van der Waals surface area contributed by atoms with Crippen LogP contribution < -0.4 is 0 Å². The Morgan fingerprint density at radius 2 is 1.63 bits per heavy atom.